The van der Waals surface area contributed by atoms with E-state index in [0.717, 1.165) is 43.1 Å². The van der Waals surface area contributed by atoms with Crippen molar-refractivity contribution in [3.63, 3.8) is 0 Å². The topological polar surface area (TPSA) is 20.3 Å². The molecule has 1 saturated heterocycles. The molecule has 0 aromatic rings. The van der Waals surface area contributed by atoms with E-state index in [1.54, 1.807) is 0 Å². The number of carbonyl (C=O) groups is 1. The van der Waals surface area contributed by atoms with Gasteiger partial charge in [-0.15, -0.1) is 0 Å². The minimum atomic E-state index is 0.411. The predicted octanol–water partition coefficient (Wildman–Crippen LogP) is 3.98. The SMILES string of the molecule is O=C(CCC1CCCCC1)N1CCC(CBr)CC1. The largest absolute Gasteiger partial charge is 0.343 e. The summed E-state index contributed by atoms with van der Waals surface area (Å²) in [7, 11) is 0. The van der Waals surface area contributed by atoms with Crippen molar-refractivity contribution in [3.8, 4) is 0 Å². The molecule has 2 fully saturated rings. The van der Waals surface area contributed by atoms with E-state index in [1.165, 1.54) is 44.9 Å². The van der Waals surface area contributed by atoms with E-state index in [-0.39, 0.29) is 0 Å². The average Bonchev–Trinajstić information content (AvgIpc) is 2.46. The Morgan fingerprint density at radius 1 is 1.00 bits per heavy atom. The lowest BCUT2D eigenvalue weighted by molar-refractivity contribution is -0.132. The number of hydrogen-bond acceptors (Lipinski definition) is 1. The Kier molecular flexibility index (Phi) is 6.00. The molecule has 0 bridgehead atoms. The third-order valence-electron chi connectivity index (χ3n) is 4.68. The summed E-state index contributed by atoms with van der Waals surface area (Å²) in [5.74, 6) is 2.03. The Morgan fingerprint density at radius 3 is 2.28 bits per heavy atom. The highest BCUT2D eigenvalue weighted by molar-refractivity contribution is 9.09. The zero-order valence-corrected chi connectivity index (χ0v) is 13.0. The van der Waals surface area contributed by atoms with Crippen molar-refractivity contribution in [1.82, 2.24) is 4.90 Å². The van der Waals surface area contributed by atoms with Crippen LogP contribution >= 0.6 is 15.9 Å². The van der Waals surface area contributed by atoms with Crippen LogP contribution in [0.1, 0.15) is 57.8 Å². The molecular formula is C15H26BrNO. The smallest absolute Gasteiger partial charge is 0.222 e. The molecule has 2 rings (SSSR count). The van der Waals surface area contributed by atoms with Crippen LogP contribution in [0.2, 0.25) is 0 Å². The molecule has 1 saturated carbocycles. The maximum absolute atomic E-state index is 12.1. The van der Waals surface area contributed by atoms with Gasteiger partial charge in [-0.3, -0.25) is 4.79 Å². The van der Waals surface area contributed by atoms with Gasteiger partial charge in [-0.05, 0) is 31.1 Å². The minimum Gasteiger partial charge on any atom is -0.343 e. The van der Waals surface area contributed by atoms with Crippen LogP contribution in [0.5, 0.6) is 0 Å². The van der Waals surface area contributed by atoms with Gasteiger partial charge in [0.2, 0.25) is 5.91 Å². The minimum absolute atomic E-state index is 0.411. The first-order chi connectivity index (χ1) is 8.79. The van der Waals surface area contributed by atoms with Crippen molar-refractivity contribution in [1.29, 1.82) is 0 Å². The summed E-state index contributed by atoms with van der Waals surface area (Å²) in [5.41, 5.74) is 0. The second-order valence-corrected chi connectivity index (χ2v) is 6.67. The molecule has 0 unspecified atom stereocenters. The Labute approximate surface area is 120 Å². The van der Waals surface area contributed by atoms with Crippen LogP contribution in [0.3, 0.4) is 0 Å². The lowest BCUT2D eigenvalue weighted by atomic mass is 9.86. The third kappa shape index (κ3) is 4.25. The van der Waals surface area contributed by atoms with Gasteiger partial charge in [-0.25, -0.2) is 0 Å². The summed E-state index contributed by atoms with van der Waals surface area (Å²) in [6.07, 6.45) is 11.2. The van der Waals surface area contributed by atoms with Crippen LogP contribution in [0.25, 0.3) is 0 Å². The second-order valence-electron chi connectivity index (χ2n) is 6.02. The highest BCUT2D eigenvalue weighted by Crippen LogP contribution is 2.28. The van der Waals surface area contributed by atoms with E-state index in [4.69, 9.17) is 0 Å². The lowest BCUT2D eigenvalue weighted by Crippen LogP contribution is -2.38. The Bertz CT molecular complexity index is 255. The summed E-state index contributed by atoms with van der Waals surface area (Å²) >= 11 is 3.55. The zero-order valence-electron chi connectivity index (χ0n) is 11.4. The van der Waals surface area contributed by atoms with E-state index in [1.807, 2.05) is 0 Å². The maximum Gasteiger partial charge on any atom is 0.222 e. The van der Waals surface area contributed by atoms with E-state index < -0.39 is 0 Å². The molecule has 18 heavy (non-hydrogen) atoms. The van der Waals surface area contributed by atoms with Crippen molar-refractivity contribution in [2.75, 3.05) is 18.4 Å². The van der Waals surface area contributed by atoms with Gasteiger partial charge < -0.3 is 4.90 Å². The number of halogens is 1. The number of hydrogen-bond donors (Lipinski definition) is 0. The van der Waals surface area contributed by atoms with Crippen LogP contribution in [0, 0.1) is 11.8 Å². The fraction of sp³-hybridized carbons (Fsp3) is 0.933. The van der Waals surface area contributed by atoms with Crippen molar-refractivity contribution in [3.05, 3.63) is 0 Å². The molecule has 0 aromatic carbocycles. The molecule has 1 heterocycles. The predicted molar refractivity (Wildman–Crippen MR) is 78.9 cm³/mol. The van der Waals surface area contributed by atoms with Crippen LogP contribution in [0.15, 0.2) is 0 Å². The molecule has 2 nitrogen and oxygen atoms in total. The Morgan fingerprint density at radius 2 is 1.67 bits per heavy atom. The van der Waals surface area contributed by atoms with Crippen molar-refractivity contribution in [2.45, 2.75) is 57.8 Å². The van der Waals surface area contributed by atoms with E-state index in [0.29, 0.717) is 5.91 Å². The van der Waals surface area contributed by atoms with E-state index in [2.05, 4.69) is 20.8 Å². The van der Waals surface area contributed by atoms with Crippen molar-refractivity contribution < 1.29 is 4.79 Å². The molecule has 0 aromatic heterocycles. The van der Waals surface area contributed by atoms with Gasteiger partial charge >= 0.3 is 0 Å². The number of carbonyl (C=O) groups excluding carboxylic acids is 1. The van der Waals surface area contributed by atoms with Crippen LogP contribution in [-0.4, -0.2) is 29.2 Å². The molecule has 1 aliphatic carbocycles. The fourth-order valence-corrected chi connectivity index (χ4v) is 3.95. The normalized spacial score (nSPS) is 23.3. The maximum atomic E-state index is 12.1. The molecule has 1 aliphatic heterocycles. The molecule has 3 heteroatoms. The van der Waals surface area contributed by atoms with Crippen molar-refractivity contribution in [2.24, 2.45) is 11.8 Å². The highest BCUT2D eigenvalue weighted by Gasteiger charge is 2.23. The van der Waals surface area contributed by atoms with Gasteiger partial charge in [0.05, 0.1) is 0 Å². The lowest BCUT2D eigenvalue weighted by Gasteiger charge is -2.32. The first-order valence-electron chi connectivity index (χ1n) is 7.63. The standard InChI is InChI=1S/C15H26BrNO/c16-12-14-8-10-17(11-9-14)15(18)7-6-13-4-2-1-3-5-13/h13-14H,1-12H2. The molecule has 1 amide bonds. The Balaban J connectivity index is 1.65. The quantitative estimate of drug-likeness (QED) is 0.718. The number of likely N-dealkylation sites (tertiary alicyclic amines) is 1. The number of piperidine rings is 1. The van der Waals surface area contributed by atoms with E-state index in [9.17, 15) is 4.79 Å². The summed E-state index contributed by atoms with van der Waals surface area (Å²) in [6.45, 7) is 1.97. The van der Waals surface area contributed by atoms with Gasteiger partial charge in [0.15, 0.2) is 0 Å². The fourth-order valence-electron chi connectivity index (χ4n) is 3.30. The monoisotopic (exact) mass is 315 g/mol. The van der Waals surface area contributed by atoms with Gasteiger partial charge in [0.25, 0.3) is 0 Å². The molecule has 0 spiro atoms. The summed E-state index contributed by atoms with van der Waals surface area (Å²) < 4.78 is 0. The zero-order chi connectivity index (χ0) is 12.8. The summed E-state index contributed by atoms with van der Waals surface area (Å²) in [4.78, 5) is 14.2. The summed E-state index contributed by atoms with van der Waals surface area (Å²) in [5, 5.41) is 1.09. The van der Waals surface area contributed by atoms with Crippen LogP contribution in [-0.2, 0) is 4.79 Å². The third-order valence-corrected chi connectivity index (χ3v) is 5.59. The van der Waals surface area contributed by atoms with Crippen LogP contribution in [0.4, 0.5) is 0 Å². The summed E-state index contributed by atoms with van der Waals surface area (Å²) in [6, 6.07) is 0. The van der Waals surface area contributed by atoms with Crippen LogP contribution < -0.4 is 0 Å². The molecule has 0 atom stereocenters. The number of rotatable bonds is 4. The van der Waals surface area contributed by atoms with Gasteiger partial charge in [-0.1, -0.05) is 48.0 Å². The molecule has 2 aliphatic rings. The van der Waals surface area contributed by atoms with Crippen molar-refractivity contribution >= 4 is 21.8 Å². The van der Waals surface area contributed by atoms with E-state index >= 15 is 0 Å². The molecule has 0 radical (unpaired) electrons. The number of nitrogens with zero attached hydrogens (tertiary/aromatic N) is 1. The number of amides is 1. The second kappa shape index (κ2) is 7.52. The first-order valence-corrected chi connectivity index (χ1v) is 8.75. The number of alkyl halides is 1. The van der Waals surface area contributed by atoms with Gasteiger partial charge in [0, 0.05) is 24.8 Å². The highest BCUT2D eigenvalue weighted by atomic mass is 79.9. The van der Waals surface area contributed by atoms with Gasteiger partial charge in [0.1, 0.15) is 0 Å². The Hall–Kier alpha value is -0.0500. The first kappa shape index (κ1) is 14.4. The van der Waals surface area contributed by atoms with Gasteiger partial charge in [-0.2, -0.15) is 0 Å². The molecular weight excluding hydrogens is 290 g/mol. The average molecular weight is 316 g/mol. The molecule has 0 N–H and O–H groups in total. The molecule has 104 valence electrons.